The number of para-hydroxylation sites is 2. The van der Waals surface area contributed by atoms with Crippen molar-refractivity contribution < 1.29 is 0 Å². The van der Waals surface area contributed by atoms with Crippen molar-refractivity contribution >= 4 is 58.4 Å². The van der Waals surface area contributed by atoms with Crippen molar-refractivity contribution in [2.75, 3.05) is 9.80 Å². The highest BCUT2D eigenvalue weighted by Gasteiger charge is 2.39. The topological polar surface area (TPSA) is 6.48 Å². The first-order chi connectivity index (χ1) is 38.0. The predicted octanol–water partition coefficient (Wildman–Crippen LogP) is 21.1. The summed E-state index contributed by atoms with van der Waals surface area (Å²) in [5.74, 6) is 0. The molecule has 0 saturated carbocycles. The summed E-state index contributed by atoms with van der Waals surface area (Å²) in [5, 5.41) is 0. The second-order valence-corrected chi connectivity index (χ2v) is 24.1. The zero-order valence-electron chi connectivity index (χ0n) is 47.3. The summed E-state index contributed by atoms with van der Waals surface area (Å²) in [4.78, 5) is 4.83. The third kappa shape index (κ3) is 8.39. The molecule has 0 N–H and O–H groups in total. The third-order valence-electron chi connectivity index (χ3n) is 17.8. The van der Waals surface area contributed by atoms with E-state index >= 15 is 0 Å². The van der Waals surface area contributed by atoms with Gasteiger partial charge in [0.15, 0.2) is 0 Å². The van der Waals surface area contributed by atoms with E-state index in [-0.39, 0.29) is 16.2 Å². The minimum atomic E-state index is -0.171. The number of anilines is 6. The Morgan fingerprint density at radius 3 is 0.848 bits per heavy atom. The Balaban J connectivity index is 0.734. The average Bonchev–Trinajstić information content (AvgIpc) is 4.02. The molecule has 10 aromatic rings. The first-order valence-corrected chi connectivity index (χ1v) is 28.1. The minimum Gasteiger partial charge on any atom is -0.310 e. The van der Waals surface area contributed by atoms with Crippen LogP contribution in [0.4, 0.5) is 34.1 Å². The Kier molecular flexibility index (Phi) is 11.8. The van der Waals surface area contributed by atoms with E-state index in [1.807, 2.05) is 0 Å². The molecule has 0 aliphatic heterocycles. The number of benzene rings is 10. The van der Waals surface area contributed by atoms with Gasteiger partial charge in [0.05, 0.1) is 0 Å². The minimum absolute atomic E-state index is 0.148. The lowest BCUT2D eigenvalue weighted by atomic mass is 9.81. The summed E-state index contributed by atoms with van der Waals surface area (Å²) < 4.78 is 0. The molecule has 0 atom stereocenters. The van der Waals surface area contributed by atoms with Crippen LogP contribution in [0.1, 0.15) is 119 Å². The van der Waals surface area contributed by atoms with Crippen molar-refractivity contribution in [2.45, 2.75) is 85.5 Å². The molecule has 13 rings (SSSR count). The van der Waals surface area contributed by atoms with Crippen LogP contribution in [0.25, 0.3) is 57.7 Å². The van der Waals surface area contributed by atoms with E-state index in [1.165, 1.54) is 145 Å². The number of hydrogen-bond acceptors (Lipinski definition) is 2. The molecular weight excluding hydrogens is 953 g/mol. The first kappa shape index (κ1) is 49.8. The summed E-state index contributed by atoms with van der Waals surface area (Å²) in [6.07, 6.45) is 9.19. The van der Waals surface area contributed by atoms with Crippen molar-refractivity contribution in [3.05, 3.63) is 284 Å². The van der Waals surface area contributed by atoms with Gasteiger partial charge >= 0.3 is 0 Å². The fraction of sp³-hybridized carbons (Fsp3) is 0.169. The molecule has 3 aliphatic carbocycles. The monoisotopic (exact) mass is 1020 g/mol. The number of hydrogen-bond donors (Lipinski definition) is 0. The molecule has 0 unspecified atom stereocenters. The predicted molar refractivity (Wildman–Crippen MR) is 338 cm³/mol. The quantitative estimate of drug-likeness (QED) is 0.126. The Labute approximate surface area is 468 Å². The van der Waals surface area contributed by atoms with Crippen LogP contribution >= 0.6 is 0 Å². The fourth-order valence-electron chi connectivity index (χ4n) is 13.4. The lowest BCUT2D eigenvalue weighted by Gasteiger charge is -2.29. The summed E-state index contributed by atoms with van der Waals surface area (Å²) in [5.41, 5.74) is 32.6. The average molecular weight is 1020 g/mol. The maximum atomic E-state index is 2.43. The van der Waals surface area contributed by atoms with Crippen LogP contribution in [0, 0.1) is 27.7 Å². The van der Waals surface area contributed by atoms with E-state index in [9.17, 15) is 0 Å². The van der Waals surface area contributed by atoms with E-state index < -0.39 is 0 Å². The lowest BCUT2D eigenvalue weighted by molar-refractivity contribution is 0.660. The molecule has 0 radical (unpaired) electrons. The van der Waals surface area contributed by atoms with E-state index in [1.54, 1.807) is 0 Å². The maximum Gasteiger partial charge on any atom is 0.0490 e. The smallest absolute Gasteiger partial charge is 0.0490 e. The largest absolute Gasteiger partial charge is 0.310 e. The van der Waals surface area contributed by atoms with Gasteiger partial charge in [0.1, 0.15) is 0 Å². The summed E-state index contributed by atoms with van der Waals surface area (Å²) in [7, 11) is 0. The van der Waals surface area contributed by atoms with E-state index in [4.69, 9.17) is 0 Å². The molecule has 0 fully saturated rings. The normalized spacial score (nSPS) is 14.7. The third-order valence-corrected chi connectivity index (χ3v) is 17.8. The molecule has 386 valence electrons. The number of nitrogens with zero attached hydrogens (tertiary/aromatic N) is 2. The van der Waals surface area contributed by atoms with Crippen molar-refractivity contribution in [1.29, 1.82) is 0 Å². The van der Waals surface area contributed by atoms with Gasteiger partial charge in [-0.25, -0.2) is 0 Å². The molecule has 0 saturated heterocycles. The van der Waals surface area contributed by atoms with E-state index in [0.29, 0.717) is 0 Å². The van der Waals surface area contributed by atoms with Crippen LogP contribution < -0.4 is 9.80 Å². The molecule has 3 aliphatic rings. The van der Waals surface area contributed by atoms with Gasteiger partial charge in [-0.1, -0.05) is 211 Å². The van der Waals surface area contributed by atoms with Crippen LogP contribution in [0.5, 0.6) is 0 Å². The highest BCUT2D eigenvalue weighted by molar-refractivity contribution is 5.91. The Morgan fingerprint density at radius 1 is 0.266 bits per heavy atom. The summed E-state index contributed by atoms with van der Waals surface area (Å²) in [6.45, 7) is 23.1. The zero-order chi connectivity index (χ0) is 54.5. The highest BCUT2D eigenvalue weighted by Crippen LogP contribution is 2.54. The van der Waals surface area contributed by atoms with Gasteiger partial charge in [-0.2, -0.15) is 0 Å². The van der Waals surface area contributed by atoms with Crippen molar-refractivity contribution in [1.82, 2.24) is 0 Å². The molecule has 0 aromatic heterocycles. The van der Waals surface area contributed by atoms with Crippen LogP contribution in [-0.2, 0) is 16.2 Å². The van der Waals surface area contributed by atoms with Crippen LogP contribution in [0.15, 0.2) is 206 Å². The highest BCUT2D eigenvalue weighted by atomic mass is 15.1. The molecule has 2 nitrogen and oxygen atoms in total. The van der Waals surface area contributed by atoms with Crippen molar-refractivity contribution in [3.63, 3.8) is 0 Å². The fourth-order valence-corrected chi connectivity index (χ4v) is 13.4. The summed E-state index contributed by atoms with van der Waals surface area (Å²) >= 11 is 0. The standard InChI is InChI=1S/C77H68N2/c1-49-17-15-21-57(41-49)78(73-23-13-11-19-51(73)3)59-33-39-65-63-37-31-55(45-69(63)76(7,8)71(65)47-59)27-25-53-29-35-61-62-36-30-54(44-68(62)75(5,6)67(61)43-53)26-28-56-32-38-64-66-40-34-60(48-72(66)77(9,10)70(64)46-56)79(58-22-16-18-50(2)42-58)74-24-14-12-20-52(74)4/h11-48H,1-10H3/b27-25+,28-26+. The second-order valence-electron chi connectivity index (χ2n) is 24.1. The van der Waals surface area contributed by atoms with Gasteiger partial charge in [0.2, 0.25) is 0 Å². The summed E-state index contributed by atoms with van der Waals surface area (Å²) in [6, 6.07) is 77.4. The van der Waals surface area contributed by atoms with Crippen LogP contribution in [-0.4, -0.2) is 0 Å². The molecule has 0 heterocycles. The van der Waals surface area contributed by atoms with Crippen LogP contribution in [0.2, 0.25) is 0 Å². The molecule has 2 heteroatoms. The van der Waals surface area contributed by atoms with Crippen molar-refractivity contribution in [2.24, 2.45) is 0 Å². The maximum absolute atomic E-state index is 2.43. The first-order valence-electron chi connectivity index (χ1n) is 28.1. The molecular formula is C77H68N2. The van der Waals surface area contributed by atoms with Gasteiger partial charge in [-0.05, 0) is 200 Å². The van der Waals surface area contributed by atoms with E-state index in [2.05, 4.69) is 310 Å². The van der Waals surface area contributed by atoms with Gasteiger partial charge in [-0.15, -0.1) is 0 Å². The number of aryl methyl sites for hydroxylation is 4. The Hall–Kier alpha value is -8.72. The molecule has 79 heavy (non-hydrogen) atoms. The SMILES string of the molecule is Cc1cccc(N(c2ccc3c(c2)C(C)(C)c2cc(/C=C/c4ccc5c(c4)C(C)(C)c4cc(/C=C/c6ccc7c(c6)C(C)(C)c6cc(N(c8cccc(C)c8)c8ccccc8C)ccc6-7)ccc4-5)ccc2-3)c2ccccc2C)c1. The second kappa shape index (κ2) is 18.7. The van der Waals surface area contributed by atoms with Crippen LogP contribution in [0.3, 0.4) is 0 Å². The molecule has 10 aromatic carbocycles. The zero-order valence-corrected chi connectivity index (χ0v) is 47.3. The van der Waals surface area contributed by atoms with Gasteiger partial charge in [0, 0.05) is 50.4 Å². The van der Waals surface area contributed by atoms with Gasteiger partial charge in [-0.3, -0.25) is 0 Å². The lowest BCUT2D eigenvalue weighted by Crippen LogP contribution is -2.17. The van der Waals surface area contributed by atoms with Gasteiger partial charge in [0.25, 0.3) is 0 Å². The molecule has 0 bridgehead atoms. The Morgan fingerprint density at radius 2 is 0.544 bits per heavy atom. The van der Waals surface area contributed by atoms with Crippen molar-refractivity contribution in [3.8, 4) is 33.4 Å². The van der Waals surface area contributed by atoms with E-state index in [0.717, 1.165) is 0 Å². The molecule has 0 amide bonds. The molecule has 0 spiro atoms. The van der Waals surface area contributed by atoms with Gasteiger partial charge < -0.3 is 9.80 Å². The Bertz CT molecular complexity index is 3910. The number of fused-ring (bicyclic) bond motifs is 9. The number of rotatable bonds is 10.